The number of aryl methyl sites for hydroxylation is 1. The van der Waals surface area contributed by atoms with Crippen molar-refractivity contribution < 1.29 is 9.90 Å². The van der Waals surface area contributed by atoms with Crippen LogP contribution < -0.4 is 5.11 Å². The molecule has 0 amide bonds. The molecule has 2 aromatic rings. The van der Waals surface area contributed by atoms with Crippen molar-refractivity contribution >= 4 is 23.9 Å². The van der Waals surface area contributed by atoms with Gasteiger partial charge in [-0.15, -0.1) is 10.2 Å². The number of rotatable bonds is 7. The Hall–Kier alpha value is -2.09. The van der Waals surface area contributed by atoms with Crippen LogP contribution in [0.15, 0.2) is 16.3 Å². The predicted octanol–water partition coefficient (Wildman–Crippen LogP) is 3.05. The maximum Gasteiger partial charge on any atom is 0.212 e. The summed E-state index contributed by atoms with van der Waals surface area (Å²) in [6, 6.07) is 2.50. The highest BCUT2D eigenvalue weighted by atomic mass is 32.2. The maximum atomic E-state index is 10.9. The van der Waals surface area contributed by atoms with Gasteiger partial charge in [0.1, 0.15) is 0 Å². The lowest BCUT2D eigenvalue weighted by Crippen LogP contribution is -2.24. The van der Waals surface area contributed by atoms with Gasteiger partial charge >= 0.3 is 0 Å². The van der Waals surface area contributed by atoms with E-state index in [9.17, 15) is 9.90 Å². The van der Waals surface area contributed by atoms with Crippen molar-refractivity contribution in [2.45, 2.75) is 76.9 Å². The zero-order valence-corrected chi connectivity index (χ0v) is 17.8. The van der Waals surface area contributed by atoms with E-state index in [1.807, 2.05) is 6.21 Å². The number of hydrogen-bond acceptors (Lipinski definition) is 6. The summed E-state index contributed by atoms with van der Waals surface area (Å²) in [6.45, 7) is 8.51. The molecule has 0 radical (unpaired) electrons. The van der Waals surface area contributed by atoms with E-state index in [2.05, 4.69) is 53.6 Å². The van der Waals surface area contributed by atoms with Crippen LogP contribution in [0.3, 0.4) is 0 Å². The zero-order valence-electron chi connectivity index (χ0n) is 17.0. The maximum absolute atomic E-state index is 10.9. The number of carboxylic acid groups (broad SMARTS) is 1. The lowest BCUT2D eigenvalue weighted by molar-refractivity contribution is -0.301. The van der Waals surface area contributed by atoms with Crippen molar-refractivity contribution in [3.63, 3.8) is 0 Å². The van der Waals surface area contributed by atoms with Crippen LogP contribution in [0.4, 0.5) is 0 Å². The van der Waals surface area contributed by atoms with E-state index in [0.29, 0.717) is 17.1 Å². The van der Waals surface area contributed by atoms with E-state index >= 15 is 0 Å². The molecule has 0 aliphatic heterocycles. The van der Waals surface area contributed by atoms with E-state index in [1.54, 1.807) is 4.68 Å². The molecule has 0 bridgehead atoms. The van der Waals surface area contributed by atoms with Crippen molar-refractivity contribution in [3.8, 4) is 0 Å². The van der Waals surface area contributed by atoms with Crippen molar-refractivity contribution in [2.24, 2.45) is 5.10 Å². The van der Waals surface area contributed by atoms with Crippen molar-refractivity contribution in [2.75, 3.05) is 5.75 Å². The largest absolute Gasteiger partial charge is 0.549 e. The molecular formula is C20H28N5O2S-. The van der Waals surface area contributed by atoms with Crippen LogP contribution >= 0.6 is 11.8 Å². The number of carbonyl (C=O) groups is 1. The Morgan fingerprint density at radius 1 is 1.32 bits per heavy atom. The molecule has 3 rings (SSSR count). The molecule has 7 nitrogen and oxygen atoms in total. The average Bonchev–Trinajstić information content (AvgIpc) is 3.18. The first kappa shape index (κ1) is 20.6. The first-order valence-electron chi connectivity index (χ1n) is 9.89. The predicted molar refractivity (Wildman–Crippen MR) is 109 cm³/mol. The fourth-order valence-electron chi connectivity index (χ4n) is 4.06. The van der Waals surface area contributed by atoms with Gasteiger partial charge in [-0.2, -0.15) is 9.78 Å². The van der Waals surface area contributed by atoms with Gasteiger partial charge in [0.2, 0.25) is 5.16 Å². The molecule has 0 N–H and O–H groups in total. The van der Waals surface area contributed by atoms with Crippen LogP contribution in [0, 0.1) is 13.8 Å². The zero-order chi connectivity index (χ0) is 20.3. The van der Waals surface area contributed by atoms with Crippen LogP contribution in [0.1, 0.15) is 80.7 Å². The van der Waals surface area contributed by atoms with E-state index < -0.39 is 5.97 Å². The second-order valence-corrected chi connectivity index (χ2v) is 8.63. The Kier molecular flexibility index (Phi) is 6.59. The highest BCUT2D eigenvalue weighted by molar-refractivity contribution is 7.99. The molecule has 1 aliphatic rings. The summed E-state index contributed by atoms with van der Waals surface area (Å²) in [5, 5.41) is 24.7. The van der Waals surface area contributed by atoms with Gasteiger partial charge in [0, 0.05) is 34.7 Å². The number of aromatic nitrogens is 4. The van der Waals surface area contributed by atoms with Gasteiger partial charge in [0.25, 0.3) is 0 Å². The van der Waals surface area contributed by atoms with E-state index in [1.165, 1.54) is 25.0 Å². The second-order valence-electron chi connectivity index (χ2n) is 7.68. The minimum atomic E-state index is -1.12. The van der Waals surface area contributed by atoms with E-state index in [4.69, 9.17) is 0 Å². The second kappa shape index (κ2) is 8.94. The first-order chi connectivity index (χ1) is 13.4. The summed E-state index contributed by atoms with van der Waals surface area (Å²) in [4.78, 5) is 10.9. The Morgan fingerprint density at radius 3 is 2.64 bits per heavy atom. The molecule has 1 aliphatic carbocycles. The quantitative estimate of drug-likeness (QED) is 0.525. The number of carbonyl (C=O) groups excluding carboxylic acids is 1. The SMILES string of the molecule is Cc1cc(/C=N\n2c(SCC(=O)[O-])nnc2C2CCCCC2)c(C)n1C(C)C. The van der Waals surface area contributed by atoms with Crippen LogP contribution in [0.2, 0.25) is 0 Å². The van der Waals surface area contributed by atoms with Crippen LogP contribution in [-0.4, -0.2) is 37.4 Å². The van der Waals surface area contributed by atoms with E-state index in [-0.39, 0.29) is 5.75 Å². The van der Waals surface area contributed by atoms with Gasteiger partial charge in [-0.3, -0.25) is 0 Å². The fourth-order valence-corrected chi connectivity index (χ4v) is 4.67. The van der Waals surface area contributed by atoms with Crippen molar-refractivity contribution in [1.29, 1.82) is 0 Å². The third-order valence-corrected chi connectivity index (χ3v) is 6.17. The van der Waals surface area contributed by atoms with Crippen LogP contribution in [-0.2, 0) is 4.79 Å². The van der Waals surface area contributed by atoms with Crippen LogP contribution in [0.25, 0.3) is 0 Å². The first-order valence-corrected chi connectivity index (χ1v) is 10.9. The number of hydrogen-bond donors (Lipinski definition) is 0. The smallest absolute Gasteiger partial charge is 0.212 e. The Bertz CT molecular complexity index is 862. The molecule has 0 unspecified atom stereocenters. The topological polar surface area (TPSA) is 88.1 Å². The molecule has 8 heteroatoms. The van der Waals surface area contributed by atoms with Gasteiger partial charge in [0.15, 0.2) is 5.82 Å². The number of aliphatic carboxylic acids is 1. The summed E-state index contributed by atoms with van der Waals surface area (Å²) in [5.74, 6) is -0.142. The third-order valence-electron chi connectivity index (χ3n) is 5.28. The number of carboxylic acids is 1. The molecule has 0 atom stereocenters. The molecule has 0 spiro atoms. The molecule has 1 fully saturated rings. The molecule has 2 aromatic heterocycles. The molecule has 1 saturated carbocycles. The van der Waals surface area contributed by atoms with Gasteiger partial charge in [0.05, 0.1) is 12.2 Å². The Balaban J connectivity index is 1.94. The number of thioether (sulfide) groups is 1. The van der Waals surface area contributed by atoms with E-state index in [0.717, 1.165) is 41.7 Å². The van der Waals surface area contributed by atoms with Crippen molar-refractivity contribution in [1.82, 2.24) is 19.4 Å². The summed E-state index contributed by atoms with van der Waals surface area (Å²) < 4.78 is 4.01. The molecule has 0 saturated heterocycles. The Labute approximate surface area is 170 Å². The minimum Gasteiger partial charge on any atom is -0.549 e. The number of nitrogens with zero attached hydrogens (tertiary/aromatic N) is 5. The van der Waals surface area contributed by atoms with Gasteiger partial charge in [-0.25, -0.2) is 0 Å². The Morgan fingerprint density at radius 2 is 2.04 bits per heavy atom. The molecule has 152 valence electrons. The highest BCUT2D eigenvalue weighted by Crippen LogP contribution is 2.33. The minimum absolute atomic E-state index is 0.166. The van der Waals surface area contributed by atoms with Crippen molar-refractivity contribution in [3.05, 3.63) is 28.8 Å². The highest BCUT2D eigenvalue weighted by Gasteiger charge is 2.23. The summed E-state index contributed by atoms with van der Waals surface area (Å²) in [6.07, 6.45) is 7.58. The normalized spacial score (nSPS) is 15.8. The lowest BCUT2D eigenvalue weighted by Gasteiger charge is -2.20. The molecule has 28 heavy (non-hydrogen) atoms. The fraction of sp³-hybridized carbons (Fsp3) is 0.600. The summed E-state index contributed by atoms with van der Waals surface area (Å²) >= 11 is 1.10. The third kappa shape index (κ3) is 4.48. The molecule has 2 heterocycles. The molecular weight excluding hydrogens is 374 g/mol. The van der Waals surface area contributed by atoms with Gasteiger partial charge in [-0.1, -0.05) is 31.0 Å². The summed E-state index contributed by atoms with van der Waals surface area (Å²) in [7, 11) is 0. The standard InChI is InChI=1S/C20H29N5O2S/c1-13(2)24-14(3)10-17(15(24)4)11-21-25-19(16-8-6-5-7-9-16)22-23-20(25)28-12-18(26)27/h10-11,13,16H,5-9,12H2,1-4H3,(H,26,27)/p-1/b21-11-. The monoisotopic (exact) mass is 402 g/mol. The van der Waals surface area contributed by atoms with Crippen LogP contribution in [0.5, 0.6) is 0 Å². The average molecular weight is 403 g/mol. The van der Waals surface area contributed by atoms with Gasteiger partial charge < -0.3 is 14.5 Å². The lowest BCUT2D eigenvalue weighted by atomic mass is 9.89. The molecule has 0 aromatic carbocycles. The van der Waals surface area contributed by atoms with Gasteiger partial charge in [-0.05, 0) is 46.6 Å². The summed E-state index contributed by atoms with van der Waals surface area (Å²) in [5.41, 5.74) is 3.40.